The molecule has 0 aliphatic carbocycles. The van der Waals surface area contributed by atoms with E-state index in [1.807, 2.05) is 5.10 Å². The fraction of sp³-hybridized carbons (Fsp3) is 0.556. The summed E-state index contributed by atoms with van der Waals surface area (Å²) >= 11 is 5.24. The first-order valence-electron chi connectivity index (χ1n) is 4.87. The standard InChI is InChI=1S/C9H11ClF3N3O/c10-4-7(17)14-3-1-2-6-5-15-16-8(6)9(11,12)13/h5H,1-4H2,(H,14,17)(H,15,16). The Kier molecular flexibility index (Phi) is 4.80. The highest BCUT2D eigenvalue weighted by atomic mass is 35.5. The van der Waals surface area contributed by atoms with Crippen LogP contribution >= 0.6 is 11.6 Å². The molecule has 1 aromatic heterocycles. The van der Waals surface area contributed by atoms with Crippen LogP contribution in [0.2, 0.25) is 0 Å². The number of carbonyl (C=O) groups is 1. The second-order valence-corrected chi connectivity index (χ2v) is 3.62. The Labute approximate surface area is 101 Å². The number of aromatic amines is 1. The number of rotatable bonds is 5. The monoisotopic (exact) mass is 269 g/mol. The van der Waals surface area contributed by atoms with Gasteiger partial charge >= 0.3 is 6.18 Å². The zero-order valence-electron chi connectivity index (χ0n) is 8.77. The predicted octanol–water partition coefficient (Wildman–Crippen LogP) is 1.72. The molecule has 0 fully saturated rings. The average Bonchev–Trinajstić information content (AvgIpc) is 2.71. The lowest BCUT2D eigenvalue weighted by atomic mass is 10.1. The largest absolute Gasteiger partial charge is 0.433 e. The molecule has 8 heteroatoms. The molecule has 0 bridgehead atoms. The topological polar surface area (TPSA) is 57.8 Å². The Bertz CT molecular complexity index is 378. The quantitative estimate of drug-likeness (QED) is 0.632. The molecule has 0 unspecified atom stereocenters. The summed E-state index contributed by atoms with van der Waals surface area (Å²) in [5, 5.41) is 7.76. The number of hydrogen-bond acceptors (Lipinski definition) is 2. The Balaban J connectivity index is 2.42. The van der Waals surface area contributed by atoms with Crippen LogP contribution in [0.4, 0.5) is 13.2 Å². The summed E-state index contributed by atoms with van der Waals surface area (Å²) in [5.74, 6) is -0.491. The molecule has 0 saturated carbocycles. The fourth-order valence-corrected chi connectivity index (χ4v) is 1.39. The van der Waals surface area contributed by atoms with Crippen LogP contribution in [0.1, 0.15) is 17.7 Å². The molecule has 2 N–H and O–H groups in total. The first kappa shape index (κ1) is 13.8. The van der Waals surface area contributed by atoms with E-state index in [1.54, 1.807) is 0 Å². The molecular weight excluding hydrogens is 259 g/mol. The first-order chi connectivity index (χ1) is 7.95. The summed E-state index contributed by atoms with van der Waals surface area (Å²) in [4.78, 5) is 10.8. The SMILES string of the molecule is O=C(CCl)NCCCc1cn[nH]c1C(F)(F)F. The third-order valence-electron chi connectivity index (χ3n) is 2.07. The highest BCUT2D eigenvalue weighted by molar-refractivity contribution is 6.27. The maximum atomic E-state index is 12.4. The average molecular weight is 270 g/mol. The van der Waals surface area contributed by atoms with Crippen LogP contribution < -0.4 is 5.32 Å². The van der Waals surface area contributed by atoms with Crippen molar-refractivity contribution in [2.24, 2.45) is 0 Å². The number of halogens is 4. The number of aryl methyl sites for hydroxylation is 1. The third-order valence-corrected chi connectivity index (χ3v) is 2.31. The lowest BCUT2D eigenvalue weighted by Gasteiger charge is -2.07. The highest BCUT2D eigenvalue weighted by Gasteiger charge is 2.35. The minimum absolute atomic E-state index is 0.0950. The zero-order chi connectivity index (χ0) is 12.9. The van der Waals surface area contributed by atoms with Crippen molar-refractivity contribution in [1.82, 2.24) is 15.5 Å². The van der Waals surface area contributed by atoms with E-state index in [9.17, 15) is 18.0 Å². The van der Waals surface area contributed by atoms with Crippen LogP contribution in [-0.4, -0.2) is 28.5 Å². The van der Waals surface area contributed by atoms with Gasteiger partial charge in [-0.2, -0.15) is 18.3 Å². The summed E-state index contributed by atoms with van der Waals surface area (Å²) in [5.41, 5.74) is -0.737. The van der Waals surface area contributed by atoms with Gasteiger partial charge in [-0.15, -0.1) is 11.6 Å². The van der Waals surface area contributed by atoms with Crippen molar-refractivity contribution in [2.45, 2.75) is 19.0 Å². The minimum Gasteiger partial charge on any atom is -0.355 e. The van der Waals surface area contributed by atoms with Gasteiger partial charge in [-0.25, -0.2) is 0 Å². The molecule has 0 saturated heterocycles. The molecule has 0 aliphatic heterocycles. The number of H-pyrrole nitrogens is 1. The Morgan fingerprint density at radius 3 is 2.82 bits per heavy atom. The van der Waals surface area contributed by atoms with Crippen LogP contribution in [0.15, 0.2) is 6.20 Å². The Hall–Kier alpha value is -1.24. The van der Waals surface area contributed by atoms with Gasteiger partial charge in [0.1, 0.15) is 11.6 Å². The molecule has 1 amide bonds. The van der Waals surface area contributed by atoms with Gasteiger partial charge in [-0.1, -0.05) is 0 Å². The van der Waals surface area contributed by atoms with Gasteiger partial charge in [0.15, 0.2) is 0 Å². The maximum absolute atomic E-state index is 12.4. The Morgan fingerprint density at radius 1 is 1.53 bits per heavy atom. The summed E-state index contributed by atoms with van der Waals surface area (Å²) in [6.07, 6.45) is -2.70. The van der Waals surface area contributed by atoms with E-state index < -0.39 is 11.9 Å². The second-order valence-electron chi connectivity index (χ2n) is 3.36. The summed E-state index contributed by atoms with van der Waals surface area (Å²) in [6, 6.07) is 0. The smallest absolute Gasteiger partial charge is 0.355 e. The van der Waals surface area contributed by atoms with Gasteiger partial charge in [-0.3, -0.25) is 9.89 Å². The van der Waals surface area contributed by atoms with E-state index in [1.165, 1.54) is 0 Å². The van der Waals surface area contributed by atoms with Crippen molar-refractivity contribution < 1.29 is 18.0 Å². The van der Waals surface area contributed by atoms with Crippen LogP contribution in [0.5, 0.6) is 0 Å². The molecule has 0 aliphatic rings. The summed E-state index contributed by atoms with van der Waals surface area (Å²) in [7, 11) is 0. The lowest BCUT2D eigenvalue weighted by Crippen LogP contribution is -2.25. The van der Waals surface area contributed by atoms with Gasteiger partial charge in [-0.05, 0) is 12.8 Å². The molecule has 1 rings (SSSR count). The van der Waals surface area contributed by atoms with E-state index in [0.717, 1.165) is 6.20 Å². The molecule has 4 nitrogen and oxygen atoms in total. The summed E-state index contributed by atoms with van der Waals surface area (Å²) in [6.45, 7) is 0.286. The van der Waals surface area contributed by atoms with Crippen molar-refractivity contribution in [3.05, 3.63) is 17.5 Å². The van der Waals surface area contributed by atoms with E-state index >= 15 is 0 Å². The summed E-state index contributed by atoms with van der Waals surface area (Å²) < 4.78 is 37.2. The van der Waals surface area contributed by atoms with Crippen LogP contribution in [0, 0.1) is 0 Å². The van der Waals surface area contributed by atoms with Crippen LogP contribution in [-0.2, 0) is 17.4 Å². The number of hydrogen-bond donors (Lipinski definition) is 2. The van der Waals surface area contributed by atoms with Gasteiger partial charge in [0, 0.05) is 12.1 Å². The molecule has 1 aromatic rings. The first-order valence-corrected chi connectivity index (χ1v) is 5.40. The molecule has 1 heterocycles. The van der Waals surface area contributed by atoms with Crippen molar-refractivity contribution in [3.8, 4) is 0 Å². The van der Waals surface area contributed by atoms with Gasteiger partial charge in [0.25, 0.3) is 0 Å². The van der Waals surface area contributed by atoms with Crippen molar-refractivity contribution in [2.75, 3.05) is 12.4 Å². The van der Waals surface area contributed by atoms with Crippen LogP contribution in [0.3, 0.4) is 0 Å². The normalized spacial score (nSPS) is 11.5. The predicted molar refractivity (Wildman–Crippen MR) is 55.6 cm³/mol. The van der Waals surface area contributed by atoms with E-state index in [4.69, 9.17) is 11.6 Å². The molecule has 0 atom stereocenters. The van der Waals surface area contributed by atoms with Gasteiger partial charge < -0.3 is 5.32 Å². The lowest BCUT2D eigenvalue weighted by molar-refractivity contribution is -0.141. The van der Waals surface area contributed by atoms with E-state index in [-0.39, 0.29) is 30.3 Å². The Morgan fingerprint density at radius 2 is 2.24 bits per heavy atom. The van der Waals surface area contributed by atoms with Gasteiger partial charge in [0.05, 0.1) is 6.20 Å². The molecular formula is C9H11ClF3N3O. The third kappa shape index (κ3) is 4.26. The molecule has 96 valence electrons. The molecule has 0 spiro atoms. The number of aromatic nitrogens is 2. The zero-order valence-corrected chi connectivity index (χ0v) is 9.53. The molecule has 17 heavy (non-hydrogen) atoms. The van der Waals surface area contributed by atoms with E-state index in [0.29, 0.717) is 6.42 Å². The minimum atomic E-state index is -4.43. The number of nitrogens with zero attached hydrogens (tertiary/aromatic N) is 1. The maximum Gasteiger partial charge on any atom is 0.433 e. The van der Waals surface area contributed by atoms with Crippen molar-refractivity contribution in [1.29, 1.82) is 0 Å². The second kappa shape index (κ2) is 5.90. The number of amides is 1. The molecule has 0 radical (unpaired) electrons. The molecule has 0 aromatic carbocycles. The van der Waals surface area contributed by atoms with Crippen LogP contribution in [0.25, 0.3) is 0 Å². The van der Waals surface area contributed by atoms with Gasteiger partial charge in [0.2, 0.25) is 5.91 Å². The highest BCUT2D eigenvalue weighted by Crippen LogP contribution is 2.30. The number of alkyl halides is 4. The van der Waals surface area contributed by atoms with E-state index in [2.05, 4.69) is 10.4 Å². The van der Waals surface area contributed by atoms with Crippen molar-refractivity contribution in [3.63, 3.8) is 0 Å². The van der Waals surface area contributed by atoms with Crippen molar-refractivity contribution >= 4 is 17.5 Å². The number of nitrogens with one attached hydrogen (secondary N) is 2. The number of carbonyl (C=O) groups excluding carboxylic acids is 1. The fourth-order valence-electron chi connectivity index (χ4n) is 1.30.